The van der Waals surface area contributed by atoms with Crippen molar-refractivity contribution in [2.45, 2.75) is 38.5 Å². The molecule has 5 rings (SSSR count). The minimum Gasteiger partial charge on any atom is -0.455 e. The average Bonchev–Trinajstić information content (AvgIpc) is 3.39. The lowest BCUT2D eigenvalue weighted by Gasteiger charge is -2.26. The number of hydrogen-bond acceptors (Lipinski definition) is 6. The number of halogens is 3. The molecule has 4 aromatic rings. The van der Waals surface area contributed by atoms with Crippen molar-refractivity contribution in [3.05, 3.63) is 113 Å². The summed E-state index contributed by atoms with van der Waals surface area (Å²) in [6, 6.07) is 28.2. The number of nitrogens with zero attached hydrogens (tertiary/aromatic N) is 1. The Hall–Kier alpha value is -5.16. The molecule has 1 aliphatic rings. The number of carbonyl (C=O) groups is 3. The maximum absolute atomic E-state index is 13.7. The first-order chi connectivity index (χ1) is 21.1. The third-order valence-electron chi connectivity index (χ3n) is 7.07. The SMILES string of the molecule is NCc1cccc(Oc2ccccc2N(Cc2ccc3c(c2)Cc2ccccc2-3)C(=O)CCC(=O)NOC(=O)C(F)(F)F)c1. The third-order valence-corrected chi connectivity index (χ3v) is 7.07. The number of nitrogens with two attached hydrogens (primary N) is 1. The molecule has 1 aliphatic carbocycles. The molecular weight excluding hydrogens is 575 g/mol. The highest BCUT2D eigenvalue weighted by atomic mass is 19.4. The van der Waals surface area contributed by atoms with Crippen LogP contribution in [-0.2, 0) is 38.7 Å². The largest absolute Gasteiger partial charge is 0.493 e. The number of hydroxylamine groups is 1. The maximum atomic E-state index is 13.7. The lowest BCUT2D eigenvalue weighted by molar-refractivity contribution is -0.207. The van der Waals surface area contributed by atoms with Crippen LogP contribution in [0, 0.1) is 0 Å². The van der Waals surface area contributed by atoms with Crippen molar-refractivity contribution < 1.29 is 37.1 Å². The molecule has 0 saturated heterocycles. The molecule has 0 heterocycles. The highest BCUT2D eigenvalue weighted by Gasteiger charge is 2.42. The second kappa shape index (κ2) is 13.0. The summed E-state index contributed by atoms with van der Waals surface area (Å²) >= 11 is 0. The van der Waals surface area contributed by atoms with E-state index in [9.17, 15) is 27.6 Å². The van der Waals surface area contributed by atoms with Crippen LogP contribution in [0.4, 0.5) is 18.9 Å². The number of amides is 2. The van der Waals surface area contributed by atoms with E-state index in [1.54, 1.807) is 42.5 Å². The fourth-order valence-corrected chi connectivity index (χ4v) is 4.98. The number of hydrogen-bond donors (Lipinski definition) is 2. The van der Waals surface area contributed by atoms with Crippen LogP contribution in [0.25, 0.3) is 11.1 Å². The first kappa shape index (κ1) is 30.3. The van der Waals surface area contributed by atoms with Crippen LogP contribution in [0.5, 0.6) is 11.5 Å². The van der Waals surface area contributed by atoms with Gasteiger partial charge in [0.05, 0.1) is 12.2 Å². The van der Waals surface area contributed by atoms with Crippen LogP contribution in [0.1, 0.15) is 35.1 Å². The first-order valence-electron chi connectivity index (χ1n) is 13.8. The van der Waals surface area contributed by atoms with Crippen LogP contribution in [0.3, 0.4) is 0 Å². The van der Waals surface area contributed by atoms with Gasteiger partial charge in [0.2, 0.25) is 5.91 Å². The smallest absolute Gasteiger partial charge is 0.455 e. The van der Waals surface area contributed by atoms with Crippen LogP contribution in [-0.4, -0.2) is 24.0 Å². The normalized spacial score (nSPS) is 11.7. The average molecular weight is 604 g/mol. The molecule has 2 amide bonds. The molecule has 0 fully saturated rings. The van der Waals surface area contributed by atoms with Gasteiger partial charge in [-0.25, -0.2) is 4.79 Å². The van der Waals surface area contributed by atoms with Gasteiger partial charge in [-0.15, -0.1) is 0 Å². The zero-order valence-corrected chi connectivity index (χ0v) is 23.4. The molecule has 0 aromatic heterocycles. The summed E-state index contributed by atoms with van der Waals surface area (Å²) in [6.45, 7) is 0.433. The van der Waals surface area contributed by atoms with Crippen LogP contribution in [0.15, 0.2) is 91.0 Å². The molecule has 3 N–H and O–H groups in total. The van der Waals surface area contributed by atoms with Crippen LogP contribution >= 0.6 is 0 Å². The minimum atomic E-state index is -5.27. The van der Waals surface area contributed by atoms with Crippen molar-refractivity contribution in [2.75, 3.05) is 4.90 Å². The predicted molar refractivity (Wildman–Crippen MR) is 156 cm³/mol. The summed E-state index contributed by atoms with van der Waals surface area (Å²) in [5, 5.41) is 0. The van der Waals surface area contributed by atoms with E-state index >= 15 is 0 Å². The Balaban J connectivity index is 1.39. The van der Waals surface area contributed by atoms with Crippen LogP contribution < -0.4 is 20.9 Å². The molecule has 0 atom stereocenters. The van der Waals surface area contributed by atoms with Crippen molar-refractivity contribution in [1.82, 2.24) is 5.48 Å². The highest BCUT2D eigenvalue weighted by Crippen LogP contribution is 2.38. The van der Waals surface area contributed by atoms with Gasteiger partial charge < -0.3 is 20.2 Å². The summed E-state index contributed by atoms with van der Waals surface area (Å²) in [5.74, 6) is -3.25. The number of ether oxygens (including phenoxy) is 1. The van der Waals surface area contributed by atoms with Gasteiger partial charge in [0.1, 0.15) is 5.75 Å². The summed E-state index contributed by atoms with van der Waals surface area (Å²) in [7, 11) is 0. The van der Waals surface area contributed by atoms with E-state index in [0.717, 1.165) is 34.2 Å². The Morgan fingerprint density at radius 3 is 2.36 bits per heavy atom. The molecule has 0 saturated carbocycles. The molecule has 0 spiro atoms. The molecule has 4 aromatic carbocycles. The Labute approximate surface area is 251 Å². The highest BCUT2D eigenvalue weighted by molar-refractivity contribution is 5.96. The van der Waals surface area contributed by atoms with Gasteiger partial charge in [-0.05, 0) is 64.1 Å². The van der Waals surface area contributed by atoms with Gasteiger partial charge in [0.15, 0.2) is 5.75 Å². The molecule has 0 unspecified atom stereocenters. The molecule has 0 bridgehead atoms. The van der Waals surface area contributed by atoms with Crippen LogP contribution in [0.2, 0.25) is 0 Å². The number of rotatable bonds is 9. The van der Waals surface area contributed by atoms with E-state index < -0.39 is 30.4 Å². The number of carbonyl (C=O) groups excluding carboxylic acids is 3. The van der Waals surface area contributed by atoms with Crippen molar-refractivity contribution in [2.24, 2.45) is 5.73 Å². The van der Waals surface area contributed by atoms with Gasteiger partial charge in [-0.2, -0.15) is 18.7 Å². The monoisotopic (exact) mass is 603 g/mol. The standard InChI is InChI=1S/C33H28F3N3O5/c34-33(35,36)32(42)44-38-30(40)14-15-31(41)39(20-22-12-13-27-24(16-22)18-23-7-1-2-9-26(23)27)28-10-3-4-11-29(28)43-25-8-5-6-21(17-25)19-37/h1-13,16-17H,14-15,18-20,37H2,(H,38,40). The second-order valence-corrected chi connectivity index (χ2v) is 10.1. The van der Waals surface area contributed by atoms with Crippen molar-refractivity contribution >= 4 is 23.5 Å². The Morgan fingerprint density at radius 1 is 0.818 bits per heavy atom. The summed E-state index contributed by atoms with van der Waals surface area (Å²) in [4.78, 5) is 42.0. The summed E-state index contributed by atoms with van der Waals surface area (Å²) in [5.41, 5.74) is 13.9. The fraction of sp³-hybridized carbons (Fsp3) is 0.182. The van der Waals surface area contributed by atoms with Crippen molar-refractivity contribution in [3.63, 3.8) is 0 Å². The van der Waals surface area contributed by atoms with E-state index in [0.29, 0.717) is 23.7 Å². The summed E-state index contributed by atoms with van der Waals surface area (Å²) < 4.78 is 43.4. The van der Waals surface area contributed by atoms with Crippen molar-refractivity contribution in [1.29, 1.82) is 0 Å². The van der Waals surface area contributed by atoms with E-state index in [-0.39, 0.29) is 13.0 Å². The van der Waals surface area contributed by atoms with E-state index in [1.165, 1.54) is 15.9 Å². The number of para-hydroxylation sites is 2. The molecule has 11 heteroatoms. The second-order valence-electron chi connectivity index (χ2n) is 10.1. The molecule has 226 valence electrons. The third kappa shape index (κ3) is 7.07. The van der Waals surface area contributed by atoms with Gasteiger partial charge >= 0.3 is 12.1 Å². The molecular formula is C33H28F3N3O5. The maximum Gasteiger partial charge on any atom is 0.493 e. The quantitative estimate of drug-likeness (QED) is 0.201. The Kier molecular flexibility index (Phi) is 8.96. The van der Waals surface area contributed by atoms with E-state index in [2.05, 4.69) is 17.0 Å². The zero-order chi connectivity index (χ0) is 31.3. The molecule has 0 aliphatic heterocycles. The van der Waals surface area contributed by atoms with E-state index in [4.69, 9.17) is 10.5 Å². The predicted octanol–water partition coefficient (Wildman–Crippen LogP) is 5.96. The van der Waals surface area contributed by atoms with Gasteiger partial charge in [-0.1, -0.05) is 66.7 Å². The fourth-order valence-electron chi connectivity index (χ4n) is 4.98. The number of alkyl halides is 3. The van der Waals surface area contributed by atoms with Gasteiger partial charge in [-0.3, -0.25) is 9.59 Å². The Morgan fingerprint density at radius 2 is 1.57 bits per heavy atom. The first-order valence-corrected chi connectivity index (χ1v) is 13.8. The molecule has 8 nitrogen and oxygen atoms in total. The molecule has 0 radical (unpaired) electrons. The molecule has 44 heavy (non-hydrogen) atoms. The number of benzene rings is 4. The van der Waals surface area contributed by atoms with Gasteiger partial charge in [0, 0.05) is 19.4 Å². The number of nitrogens with one attached hydrogen (secondary N) is 1. The van der Waals surface area contributed by atoms with E-state index in [1.807, 2.05) is 36.4 Å². The minimum absolute atomic E-state index is 0.121. The number of fused-ring (bicyclic) bond motifs is 3. The lowest BCUT2D eigenvalue weighted by Crippen LogP contribution is -2.36. The number of anilines is 1. The van der Waals surface area contributed by atoms with Crippen molar-refractivity contribution in [3.8, 4) is 22.6 Å². The zero-order valence-electron chi connectivity index (χ0n) is 23.4. The topological polar surface area (TPSA) is 111 Å². The Bertz CT molecular complexity index is 1710. The summed E-state index contributed by atoms with van der Waals surface area (Å²) in [6.07, 6.45) is -5.43. The van der Waals surface area contributed by atoms with Gasteiger partial charge in [0.25, 0.3) is 5.91 Å². The lowest BCUT2D eigenvalue weighted by atomic mass is 10.0.